The second-order valence-corrected chi connectivity index (χ2v) is 7.71. The Hall–Kier alpha value is -1.59. The molecule has 0 heterocycles. The number of carboxylic acid groups (broad SMARTS) is 1. The molecular formula is C20H30N2O3. The Balaban J connectivity index is 1.41. The highest BCUT2D eigenvalue weighted by atomic mass is 16.5. The summed E-state index contributed by atoms with van der Waals surface area (Å²) in [7, 11) is 1.68. The molecule has 25 heavy (non-hydrogen) atoms. The molecule has 2 fully saturated rings. The molecule has 5 heteroatoms. The van der Waals surface area contributed by atoms with Crippen LogP contribution in [0.25, 0.3) is 0 Å². The zero-order valence-corrected chi connectivity index (χ0v) is 15.3. The fourth-order valence-electron chi connectivity index (χ4n) is 3.75. The van der Waals surface area contributed by atoms with E-state index in [0.29, 0.717) is 18.1 Å². The Morgan fingerprint density at radius 3 is 2.56 bits per heavy atom. The van der Waals surface area contributed by atoms with Crippen molar-refractivity contribution in [2.75, 3.05) is 20.2 Å². The molecule has 138 valence electrons. The highest BCUT2D eigenvalue weighted by molar-refractivity contribution is 5.69. The molecule has 1 atom stereocenters. The highest BCUT2D eigenvalue weighted by Crippen LogP contribution is 2.34. The Morgan fingerprint density at radius 1 is 1.32 bits per heavy atom. The minimum atomic E-state index is -0.704. The van der Waals surface area contributed by atoms with E-state index >= 15 is 0 Å². The van der Waals surface area contributed by atoms with E-state index in [1.54, 1.807) is 7.11 Å². The van der Waals surface area contributed by atoms with Crippen LogP contribution in [-0.2, 0) is 11.2 Å². The topological polar surface area (TPSA) is 61.8 Å². The molecule has 0 bridgehead atoms. The van der Waals surface area contributed by atoms with Gasteiger partial charge in [-0.1, -0.05) is 12.1 Å². The van der Waals surface area contributed by atoms with Gasteiger partial charge in [-0.3, -0.25) is 9.69 Å². The number of nitrogens with one attached hydrogen (secondary N) is 1. The molecule has 1 aromatic rings. The van der Waals surface area contributed by atoms with Crippen molar-refractivity contribution in [2.24, 2.45) is 5.92 Å². The molecule has 1 unspecified atom stereocenters. The minimum Gasteiger partial charge on any atom is -0.497 e. The summed E-state index contributed by atoms with van der Waals surface area (Å²) in [5, 5.41) is 12.8. The van der Waals surface area contributed by atoms with Crippen LogP contribution < -0.4 is 10.1 Å². The largest absolute Gasteiger partial charge is 0.497 e. The molecule has 5 nitrogen and oxygen atoms in total. The van der Waals surface area contributed by atoms with Crippen LogP contribution in [0.3, 0.4) is 0 Å². The molecule has 2 saturated carbocycles. The molecule has 0 aliphatic heterocycles. The number of carboxylic acids is 1. The van der Waals surface area contributed by atoms with Crippen molar-refractivity contribution < 1.29 is 14.6 Å². The summed E-state index contributed by atoms with van der Waals surface area (Å²) in [6.07, 6.45) is 5.65. The fraction of sp³-hybridized carbons (Fsp3) is 0.650. The zero-order valence-electron chi connectivity index (χ0n) is 15.3. The summed E-state index contributed by atoms with van der Waals surface area (Å²) < 4.78 is 5.20. The molecular weight excluding hydrogens is 316 g/mol. The van der Waals surface area contributed by atoms with Gasteiger partial charge in [0.1, 0.15) is 5.75 Å². The lowest BCUT2D eigenvalue weighted by Crippen LogP contribution is -2.56. The average Bonchev–Trinajstić information content (AvgIpc) is 3.34. The summed E-state index contributed by atoms with van der Waals surface area (Å²) >= 11 is 0. The van der Waals surface area contributed by atoms with Gasteiger partial charge < -0.3 is 15.2 Å². The van der Waals surface area contributed by atoms with Gasteiger partial charge in [0.25, 0.3) is 0 Å². The first kappa shape index (κ1) is 18.2. The molecule has 0 spiro atoms. The zero-order chi connectivity index (χ0) is 17.8. The maximum absolute atomic E-state index is 11.1. The summed E-state index contributed by atoms with van der Waals surface area (Å²) in [6.45, 7) is 3.37. The molecule has 0 aromatic heterocycles. The van der Waals surface area contributed by atoms with Crippen molar-refractivity contribution in [2.45, 2.75) is 57.2 Å². The van der Waals surface area contributed by atoms with Crippen LogP contribution in [0.5, 0.6) is 5.75 Å². The number of benzene rings is 1. The van der Waals surface area contributed by atoms with Crippen LogP contribution in [-0.4, -0.2) is 54.3 Å². The molecule has 2 aliphatic carbocycles. The van der Waals surface area contributed by atoms with E-state index in [0.717, 1.165) is 37.5 Å². The van der Waals surface area contributed by atoms with Gasteiger partial charge >= 0.3 is 5.97 Å². The van der Waals surface area contributed by atoms with Crippen LogP contribution in [0.4, 0.5) is 0 Å². The third-order valence-corrected chi connectivity index (χ3v) is 5.38. The molecule has 1 aromatic carbocycles. The second kappa shape index (κ2) is 8.19. The van der Waals surface area contributed by atoms with Gasteiger partial charge in [0.15, 0.2) is 0 Å². The van der Waals surface area contributed by atoms with E-state index in [9.17, 15) is 4.79 Å². The number of nitrogens with zero attached hydrogens (tertiary/aromatic N) is 1. The number of aliphatic carboxylic acids is 1. The first-order valence-corrected chi connectivity index (χ1v) is 9.38. The lowest BCUT2D eigenvalue weighted by Gasteiger charge is -2.44. The first-order valence-electron chi connectivity index (χ1n) is 9.38. The predicted octanol–water partition coefficient (Wildman–Crippen LogP) is 2.54. The number of methoxy groups -OCH3 is 1. The summed E-state index contributed by atoms with van der Waals surface area (Å²) in [5.41, 5.74) is 1.30. The maximum atomic E-state index is 11.1. The van der Waals surface area contributed by atoms with E-state index in [1.165, 1.54) is 18.4 Å². The van der Waals surface area contributed by atoms with Crippen LogP contribution in [0, 0.1) is 5.92 Å². The third-order valence-electron chi connectivity index (χ3n) is 5.38. The third kappa shape index (κ3) is 5.44. The van der Waals surface area contributed by atoms with Crippen LogP contribution in [0.15, 0.2) is 24.3 Å². The minimum absolute atomic E-state index is 0.190. The van der Waals surface area contributed by atoms with Gasteiger partial charge in [0.2, 0.25) is 0 Å². The standard InChI is InChI=1S/C20H30N2O3/c1-14(9-15-5-7-19(25-2)8-6-15)21-17-10-18(11-17)22(13-20(23)24)12-16-3-4-16/h5-8,14,16-18,21H,3-4,9-13H2,1-2H3,(H,23,24). The highest BCUT2D eigenvalue weighted by Gasteiger charge is 2.37. The maximum Gasteiger partial charge on any atom is 0.317 e. The number of rotatable bonds is 10. The van der Waals surface area contributed by atoms with Gasteiger partial charge in [0.05, 0.1) is 13.7 Å². The summed E-state index contributed by atoms with van der Waals surface area (Å²) in [5.74, 6) is 0.922. The van der Waals surface area contributed by atoms with Gasteiger partial charge in [-0.05, 0) is 62.6 Å². The number of ether oxygens (including phenoxy) is 1. The van der Waals surface area contributed by atoms with Gasteiger partial charge in [-0.2, -0.15) is 0 Å². The van der Waals surface area contributed by atoms with Crippen LogP contribution in [0.1, 0.15) is 38.2 Å². The molecule has 0 amide bonds. The Kier molecular flexibility index (Phi) is 5.97. The van der Waals surface area contributed by atoms with Crippen molar-refractivity contribution in [1.82, 2.24) is 10.2 Å². The van der Waals surface area contributed by atoms with Crippen LogP contribution >= 0.6 is 0 Å². The number of hydrogen-bond donors (Lipinski definition) is 2. The first-order chi connectivity index (χ1) is 12.0. The summed E-state index contributed by atoms with van der Waals surface area (Å²) in [6, 6.07) is 9.59. The van der Waals surface area contributed by atoms with Crippen molar-refractivity contribution in [3.63, 3.8) is 0 Å². The normalized spacial score (nSPS) is 24.0. The van der Waals surface area contributed by atoms with Crippen molar-refractivity contribution in [1.29, 1.82) is 0 Å². The lowest BCUT2D eigenvalue weighted by molar-refractivity contribution is -0.139. The van der Waals surface area contributed by atoms with Crippen molar-refractivity contribution >= 4 is 5.97 Å². The second-order valence-electron chi connectivity index (χ2n) is 7.71. The number of hydrogen-bond acceptors (Lipinski definition) is 4. The Labute approximate surface area is 150 Å². The van der Waals surface area contributed by atoms with E-state index < -0.39 is 5.97 Å². The molecule has 0 radical (unpaired) electrons. The Morgan fingerprint density at radius 2 is 2.00 bits per heavy atom. The molecule has 2 aliphatic rings. The van der Waals surface area contributed by atoms with Crippen molar-refractivity contribution in [3.8, 4) is 5.75 Å². The Bertz CT molecular complexity index is 565. The molecule has 3 rings (SSSR count). The predicted molar refractivity (Wildman–Crippen MR) is 98.0 cm³/mol. The molecule has 2 N–H and O–H groups in total. The van der Waals surface area contributed by atoms with E-state index in [4.69, 9.17) is 9.84 Å². The van der Waals surface area contributed by atoms with Crippen LogP contribution in [0.2, 0.25) is 0 Å². The smallest absolute Gasteiger partial charge is 0.317 e. The molecule has 0 saturated heterocycles. The summed E-state index contributed by atoms with van der Waals surface area (Å²) in [4.78, 5) is 13.3. The van der Waals surface area contributed by atoms with E-state index in [2.05, 4.69) is 29.3 Å². The average molecular weight is 346 g/mol. The SMILES string of the molecule is COc1ccc(CC(C)NC2CC(N(CC(=O)O)CC3CC3)C2)cc1. The van der Waals surface area contributed by atoms with Gasteiger partial charge in [0, 0.05) is 24.7 Å². The quantitative estimate of drug-likeness (QED) is 0.682. The fourth-order valence-corrected chi connectivity index (χ4v) is 3.75. The van der Waals surface area contributed by atoms with Gasteiger partial charge in [-0.15, -0.1) is 0 Å². The lowest BCUT2D eigenvalue weighted by atomic mass is 9.84. The van der Waals surface area contributed by atoms with Crippen molar-refractivity contribution in [3.05, 3.63) is 29.8 Å². The van der Waals surface area contributed by atoms with E-state index in [1.807, 2.05) is 12.1 Å². The number of carbonyl (C=O) groups is 1. The van der Waals surface area contributed by atoms with Gasteiger partial charge in [-0.25, -0.2) is 0 Å². The van der Waals surface area contributed by atoms with E-state index in [-0.39, 0.29) is 6.54 Å². The monoisotopic (exact) mass is 346 g/mol.